The zero-order valence-electron chi connectivity index (χ0n) is 7.29. The smallest absolute Gasteiger partial charge is 0.150 e. The Bertz CT molecular complexity index is 333. The van der Waals surface area contributed by atoms with E-state index in [0.29, 0.717) is 12.2 Å². The molecule has 13 heavy (non-hydrogen) atoms. The van der Waals surface area contributed by atoms with Gasteiger partial charge in [0.15, 0.2) is 5.78 Å². The molecule has 0 radical (unpaired) electrons. The highest BCUT2D eigenvalue weighted by atomic mass is 79.9. The van der Waals surface area contributed by atoms with Crippen LogP contribution in [-0.4, -0.2) is 5.78 Å². The molecule has 0 heterocycles. The quantitative estimate of drug-likeness (QED) is 0.502. The Balaban J connectivity index is 2.46. The van der Waals surface area contributed by atoms with Crippen molar-refractivity contribution in [1.29, 1.82) is 0 Å². The first-order chi connectivity index (χ1) is 6.29. The van der Waals surface area contributed by atoms with Gasteiger partial charge in [0.25, 0.3) is 0 Å². The van der Waals surface area contributed by atoms with E-state index in [2.05, 4.69) is 22.0 Å². The van der Waals surface area contributed by atoms with E-state index in [0.717, 1.165) is 18.4 Å². The zero-order valence-corrected chi connectivity index (χ0v) is 8.88. The highest BCUT2D eigenvalue weighted by Gasteiger charge is 2.22. The van der Waals surface area contributed by atoms with Gasteiger partial charge in [0.2, 0.25) is 0 Å². The van der Waals surface area contributed by atoms with E-state index >= 15 is 0 Å². The minimum Gasteiger partial charge on any atom is -0.298 e. The van der Waals surface area contributed by atoms with Crippen LogP contribution in [0.1, 0.15) is 28.8 Å². The fraction of sp³-hybridized carbons (Fsp3) is 0.364. The van der Waals surface area contributed by atoms with Gasteiger partial charge in [-0.15, -0.1) is 0 Å². The third-order valence-electron chi connectivity index (χ3n) is 2.48. The molecule has 0 fully saturated rings. The molecule has 0 aromatic heterocycles. The van der Waals surface area contributed by atoms with Gasteiger partial charge in [-0.05, 0) is 24.0 Å². The van der Waals surface area contributed by atoms with E-state index in [1.807, 2.05) is 18.2 Å². The second-order valence-electron chi connectivity index (χ2n) is 3.38. The number of fused-ring (bicyclic) bond motifs is 1. The van der Waals surface area contributed by atoms with Gasteiger partial charge in [-0.3, -0.25) is 4.79 Å². The molecular weight excluding hydrogens is 228 g/mol. The number of Topliss-reactive ketones (excluding diaryl/α,β-unsaturated/α-hetero) is 1. The van der Waals surface area contributed by atoms with Crippen molar-refractivity contribution in [3.8, 4) is 0 Å². The lowest BCUT2D eigenvalue weighted by atomic mass is 10.0. The van der Waals surface area contributed by atoms with Crippen molar-refractivity contribution in [1.82, 2.24) is 0 Å². The van der Waals surface area contributed by atoms with Crippen LogP contribution in [0.3, 0.4) is 0 Å². The minimum atomic E-state index is -0.0776. The number of alkyl halides is 1. The Morgan fingerprint density at radius 3 is 2.85 bits per heavy atom. The molecule has 0 spiro atoms. The van der Waals surface area contributed by atoms with Gasteiger partial charge in [0, 0.05) is 6.42 Å². The molecule has 2 rings (SSSR count). The van der Waals surface area contributed by atoms with Crippen molar-refractivity contribution in [2.24, 2.45) is 0 Å². The van der Waals surface area contributed by atoms with Gasteiger partial charge in [-0.25, -0.2) is 0 Å². The summed E-state index contributed by atoms with van der Waals surface area (Å²) in [6.07, 6.45) is 2.71. The molecule has 0 saturated heterocycles. The largest absolute Gasteiger partial charge is 0.298 e. The van der Waals surface area contributed by atoms with Gasteiger partial charge < -0.3 is 0 Å². The average molecular weight is 239 g/mol. The highest BCUT2D eigenvalue weighted by Crippen LogP contribution is 2.32. The van der Waals surface area contributed by atoms with E-state index in [1.165, 1.54) is 5.56 Å². The first-order valence-corrected chi connectivity index (χ1v) is 5.45. The van der Waals surface area contributed by atoms with E-state index < -0.39 is 0 Å². The molecule has 1 aliphatic carbocycles. The molecule has 0 amide bonds. The van der Waals surface area contributed by atoms with Crippen LogP contribution in [0.2, 0.25) is 0 Å². The number of hydrogen-bond acceptors (Lipinski definition) is 1. The third-order valence-corrected chi connectivity index (χ3v) is 3.48. The van der Waals surface area contributed by atoms with Crippen LogP contribution in [0.5, 0.6) is 0 Å². The normalized spacial score (nSPS) is 22.2. The van der Waals surface area contributed by atoms with Crippen LogP contribution < -0.4 is 0 Å². The van der Waals surface area contributed by atoms with E-state index in [1.54, 1.807) is 0 Å². The molecule has 0 bridgehead atoms. The summed E-state index contributed by atoms with van der Waals surface area (Å²) in [5.74, 6) is 0.310. The van der Waals surface area contributed by atoms with Crippen LogP contribution in [0, 0.1) is 0 Å². The summed E-state index contributed by atoms with van der Waals surface area (Å²) < 4.78 is 0. The van der Waals surface area contributed by atoms with Gasteiger partial charge in [0.05, 0.1) is 4.83 Å². The molecule has 1 nitrogen and oxygen atoms in total. The predicted molar refractivity (Wildman–Crippen MR) is 56.1 cm³/mol. The zero-order chi connectivity index (χ0) is 9.26. The van der Waals surface area contributed by atoms with Gasteiger partial charge in [0.1, 0.15) is 0 Å². The standard InChI is InChI=1S/C11H11BrO/c12-11-9-6-2-1-4-8(9)5-3-7-10(11)13/h1-2,4,6,11H,3,5,7H2. The topological polar surface area (TPSA) is 17.1 Å². The fourth-order valence-corrected chi connectivity index (χ4v) is 2.44. The van der Waals surface area contributed by atoms with E-state index in [9.17, 15) is 4.79 Å². The van der Waals surface area contributed by atoms with Crippen molar-refractivity contribution >= 4 is 21.7 Å². The first-order valence-electron chi connectivity index (χ1n) is 4.53. The Hall–Kier alpha value is -0.630. The predicted octanol–water partition coefficient (Wildman–Crippen LogP) is 3.03. The molecule has 2 heteroatoms. The molecule has 1 aliphatic rings. The maximum absolute atomic E-state index is 11.5. The Labute approximate surface area is 86.3 Å². The van der Waals surface area contributed by atoms with Crippen LogP contribution in [0.4, 0.5) is 0 Å². The summed E-state index contributed by atoms with van der Waals surface area (Å²) in [6.45, 7) is 0. The highest BCUT2D eigenvalue weighted by molar-refractivity contribution is 9.09. The van der Waals surface area contributed by atoms with Crippen LogP contribution in [0.25, 0.3) is 0 Å². The summed E-state index contributed by atoms with van der Waals surface area (Å²) in [5.41, 5.74) is 2.47. The van der Waals surface area contributed by atoms with Crippen LogP contribution in [-0.2, 0) is 11.2 Å². The molecule has 1 aromatic rings. The second-order valence-corrected chi connectivity index (χ2v) is 4.30. The first kappa shape index (κ1) is 8.95. The van der Waals surface area contributed by atoms with Crippen molar-refractivity contribution < 1.29 is 4.79 Å². The van der Waals surface area contributed by atoms with E-state index in [4.69, 9.17) is 0 Å². The third kappa shape index (κ3) is 1.68. The number of rotatable bonds is 0. The number of benzene rings is 1. The lowest BCUT2D eigenvalue weighted by Crippen LogP contribution is -2.03. The average Bonchev–Trinajstić information content (AvgIpc) is 2.29. The molecule has 0 aliphatic heterocycles. The Morgan fingerprint density at radius 2 is 2.00 bits per heavy atom. The number of hydrogen-bond donors (Lipinski definition) is 0. The summed E-state index contributed by atoms with van der Waals surface area (Å²) in [6, 6.07) is 8.18. The summed E-state index contributed by atoms with van der Waals surface area (Å²) in [4.78, 5) is 11.5. The van der Waals surface area contributed by atoms with Crippen LogP contribution >= 0.6 is 15.9 Å². The van der Waals surface area contributed by atoms with E-state index in [-0.39, 0.29) is 4.83 Å². The van der Waals surface area contributed by atoms with Gasteiger partial charge >= 0.3 is 0 Å². The summed E-state index contributed by atoms with van der Waals surface area (Å²) in [5, 5.41) is 0. The second kappa shape index (κ2) is 3.62. The van der Waals surface area contributed by atoms with Crippen molar-refractivity contribution in [2.75, 3.05) is 0 Å². The van der Waals surface area contributed by atoms with Crippen molar-refractivity contribution in [2.45, 2.75) is 24.1 Å². The molecule has 1 atom stereocenters. The fourth-order valence-electron chi connectivity index (χ4n) is 1.76. The molecule has 1 aromatic carbocycles. The SMILES string of the molecule is O=C1CCCc2ccccc2C1Br. The Kier molecular flexibility index (Phi) is 2.49. The maximum atomic E-state index is 11.5. The number of carbonyl (C=O) groups is 1. The number of carbonyl (C=O) groups excluding carboxylic acids is 1. The number of ketones is 1. The molecule has 1 unspecified atom stereocenters. The van der Waals surface area contributed by atoms with Crippen LogP contribution in [0.15, 0.2) is 24.3 Å². The lowest BCUT2D eigenvalue weighted by molar-refractivity contribution is -0.118. The number of aryl methyl sites for hydroxylation is 1. The summed E-state index contributed by atoms with van der Waals surface area (Å²) >= 11 is 3.45. The summed E-state index contributed by atoms with van der Waals surface area (Å²) in [7, 11) is 0. The monoisotopic (exact) mass is 238 g/mol. The van der Waals surface area contributed by atoms with Crippen molar-refractivity contribution in [3.05, 3.63) is 35.4 Å². The molecule has 68 valence electrons. The molecular formula is C11H11BrO. The molecule has 0 N–H and O–H groups in total. The molecule has 0 saturated carbocycles. The van der Waals surface area contributed by atoms with Crippen molar-refractivity contribution in [3.63, 3.8) is 0 Å². The maximum Gasteiger partial charge on any atom is 0.150 e. The number of halogens is 1. The lowest BCUT2D eigenvalue weighted by Gasteiger charge is -2.08. The van der Waals surface area contributed by atoms with Gasteiger partial charge in [-0.1, -0.05) is 40.2 Å². The van der Waals surface area contributed by atoms with Gasteiger partial charge in [-0.2, -0.15) is 0 Å². The Morgan fingerprint density at radius 1 is 1.23 bits per heavy atom. The minimum absolute atomic E-state index is 0.0776.